The fourth-order valence-electron chi connectivity index (χ4n) is 2.89. The molecule has 1 aliphatic rings. The molecule has 0 radical (unpaired) electrons. The average molecular weight is 326 g/mol. The Hall–Kier alpha value is -1.64. The van der Waals surface area contributed by atoms with Crippen molar-refractivity contribution in [3.8, 4) is 0 Å². The number of fused-ring (bicyclic) bond motifs is 1. The zero-order valence-electron chi connectivity index (χ0n) is 12.5. The lowest BCUT2D eigenvalue weighted by Crippen LogP contribution is -2.38. The monoisotopic (exact) mass is 326 g/mol. The van der Waals surface area contributed by atoms with E-state index in [4.69, 9.17) is 9.15 Å². The summed E-state index contributed by atoms with van der Waals surface area (Å²) in [6.07, 6.45) is 1.60. The average Bonchev–Trinajstić information content (AvgIpc) is 3.05. The molecule has 0 bridgehead atoms. The first-order valence-corrected chi connectivity index (χ1v) is 8.49. The summed E-state index contributed by atoms with van der Waals surface area (Å²) in [7, 11) is -0.479. The van der Waals surface area contributed by atoms with Gasteiger partial charge < -0.3 is 9.15 Å². The standard InChI is InChI=1S/C14H18N2O5S/c1-15-12-6-5-11(8-13(12)21-14(15)17)22(18,19)16-7-3-4-10(16)9-20-2/h5-6,8,10H,3-4,7,9H2,1-2H3/t10-/m1/s1. The van der Waals surface area contributed by atoms with Crippen LogP contribution in [0.15, 0.2) is 32.3 Å². The van der Waals surface area contributed by atoms with E-state index in [0.717, 1.165) is 12.8 Å². The summed E-state index contributed by atoms with van der Waals surface area (Å²) in [6.45, 7) is 0.856. The molecule has 1 saturated heterocycles. The summed E-state index contributed by atoms with van der Waals surface area (Å²) in [4.78, 5) is 11.6. The quantitative estimate of drug-likeness (QED) is 0.835. The van der Waals surface area contributed by atoms with Gasteiger partial charge in [0.1, 0.15) is 0 Å². The SMILES string of the molecule is COC[C@H]1CCCN1S(=O)(=O)c1ccc2c(c1)oc(=O)n2C. The van der Waals surface area contributed by atoms with E-state index in [1.54, 1.807) is 20.2 Å². The third-order valence-electron chi connectivity index (χ3n) is 4.05. The van der Waals surface area contributed by atoms with Gasteiger partial charge in [-0.25, -0.2) is 13.2 Å². The van der Waals surface area contributed by atoms with E-state index in [1.807, 2.05) is 0 Å². The molecule has 1 aromatic heterocycles. The topological polar surface area (TPSA) is 81.8 Å². The number of ether oxygens (including phenoxy) is 1. The molecule has 7 nitrogen and oxygen atoms in total. The minimum atomic E-state index is -3.62. The number of benzene rings is 1. The minimum Gasteiger partial charge on any atom is -0.408 e. The lowest BCUT2D eigenvalue weighted by Gasteiger charge is -2.23. The van der Waals surface area contributed by atoms with E-state index in [2.05, 4.69) is 0 Å². The van der Waals surface area contributed by atoms with Crippen LogP contribution in [0.5, 0.6) is 0 Å². The van der Waals surface area contributed by atoms with Crippen molar-refractivity contribution in [2.75, 3.05) is 20.3 Å². The van der Waals surface area contributed by atoms with Gasteiger partial charge in [0.25, 0.3) is 0 Å². The van der Waals surface area contributed by atoms with Crippen LogP contribution in [0.25, 0.3) is 11.1 Å². The minimum absolute atomic E-state index is 0.136. The van der Waals surface area contributed by atoms with E-state index >= 15 is 0 Å². The molecule has 120 valence electrons. The van der Waals surface area contributed by atoms with Gasteiger partial charge in [0.2, 0.25) is 10.0 Å². The van der Waals surface area contributed by atoms with Crippen molar-refractivity contribution < 1.29 is 17.6 Å². The zero-order chi connectivity index (χ0) is 15.9. The van der Waals surface area contributed by atoms with Crippen molar-refractivity contribution in [1.29, 1.82) is 0 Å². The first-order valence-electron chi connectivity index (χ1n) is 7.05. The molecule has 8 heteroatoms. The molecule has 3 rings (SSSR count). The van der Waals surface area contributed by atoms with Crippen LogP contribution in [0.2, 0.25) is 0 Å². The molecule has 0 N–H and O–H groups in total. The highest BCUT2D eigenvalue weighted by atomic mass is 32.2. The summed E-state index contributed by atoms with van der Waals surface area (Å²) in [5.74, 6) is -0.511. The number of sulfonamides is 1. The molecule has 1 atom stereocenters. The molecular weight excluding hydrogens is 308 g/mol. The van der Waals surface area contributed by atoms with E-state index in [1.165, 1.54) is 21.0 Å². The molecule has 0 aliphatic carbocycles. The van der Waals surface area contributed by atoms with Gasteiger partial charge in [-0.2, -0.15) is 4.31 Å². The van der Waals surface area contributed by atoms with Crippen molar-refractivity contribution in [3.05, 3.63) is 28.7 Å². The highest BCUT2D eigenvalue weighted by Gasteiger charge is 2.35. The number of oxazole rings is 1. The van der Waals surface area contributed by atoms with Gasteiger partial charge in [0, 0.05) is 32.8 Å². The van der Waals surface area contributed by atoms with Crippen molar-refractivity contribution >= 4 is 21.1 Å². The molecule has 2 aromatic rings. The van der Waals surface area contributed by atoms with Crippen molar-refractivity contribution in [1.82, 2.24) is 8.87 Å². The van der Waals surface area contributed by atoms with Crippen molar-refractivity contribution in [2.24, 2.45) is 7.05 Å². The van der Waals surface area contributed by atoms with E-state index in [-0.39, 0.29) is 16.5 Å². The van der Waals surface area contributed by atoms with E-state index in [0.29, 0.717) is 18.7 Å². The summed E-state index contributed by atoms with van der Waals surface area (Å²) < 4.78 is 38.6. The zero-order valence-corrected chi connectivity index (χ0v) is 13.3. The Balaban J connectivity index is 2.03. The van der Waals surface area contributed by atoms with Gasteiger partial charge in [-0.1, -0.05) is 0 Å². The van der Waals surface area contributed by atoms with Gasteiger partial charge in [0.15, 0.2) is 5.58 Å². The highest BCUT2D eigenvalue weighted by molar-refractivity contribution is 7.89. The molecule has 0 amide bonds. The second-order valence-corrected chi connectivity index (χ2v) is 7.31. The number of aryl methyl sites for hydroxylation is 1. The molecule has 0 unspecified atom stereocenters. The number of nitrogens with zero attached hydrogens (tertiary/aromatic N) is 2. The van der Waals surface area contributed by atoms with Crippen LogP contribution >= 0.6 is 0 Å². The lowest BCUT2D eigenvalue weighted by atomic mass is 10.2. The Bertz CT molecular complexity index is 852. The van der Waals surface area contributed by atoms with Crippen LogP contribution in [0.1, 0.15) is 12.8 Å². The molecule has 2 heterocycles. The molecule has 1 fully saturated rings. The first kappa shape index (κ1) is 15.3. The van der Waals surface area contributed by atoms with Gasteiger partial charge in [-0.3, -0.25) is 4.57 Å². The number of aromatic nitrogens is 1. The Morgan fingerprint density at radius 1 is 1.41 bits per heavy atom. The smallest absolute Gasteiger partial charge is 0.408 e. The van der Waals surface area contributed by atoms with E-state index < -0.39 is 15.8 Å². The van der Waals surface area contributed by atoms with Crippen LogP contribution in [-0.2, 0) is 21.8 Å². The predicted octanol–water partition coefficient (Wildman–Crippen LogP) is 0.931. The molecule has 1 aliphatic heterocycles. The van der Waals surface area contributed by atoms with Crippen LogP contribution in [-0.4, -0.2) is 43.6 Å². The maximum Gasteiger partial charge on any atom is 0.419 e. The lowest BCUT2D eigenvalue weighted by molar-refractivity contribution is 0.149. The number of hydrogen-bond acceptors (Lipinski definition) is 5. The highest BCUT2D eigenvalue weighted by Crippen LogP contribution is 2.27. The van der Waals surface area contributed by atoms with Gasteiger partial charge >= 0.3 is 5.76 Å². The van der Waals surface area contributed by atoms with Crippen molar-refractivity contribution in [3.63, 3.8) is 0 Å². The summed E-state index contributed by atoms with van der Waals surface area (Å²) in [5, 5.41) is 0. The van der Waals surface area contributed by atoms with Gasteiger partial charge in [-0.05, 0) is 25.0 Å². The summed E-state index contributed by atoms with van der Waals surface area (Å²) in [6, 6.07) is 4.37. The summed E-state index contributed by atoms with van der Waals surface area (Å²) >= 11 is 0. The predicted molar refractivity (Wildman–Crippen MR) is 80.2 cm³/mol. The van der Waals surface area contributed by atoms with Gasteiger partial charge in [0.05, 0.1) is 17.0 Å². The Kier molecular flexibility index (Phi) is 3.84. The summed E-state index contributed by atoms with van der Waals surface area (Å²) in [5.41, 5.74) is 0.842. The van der Waals surface area contributed by atoms with Crippen LogP contribution in [0.4, 0.5) is 0 Å². The van der Waals surface area contributed by atoms with Crippen molar-refractivity contribution in [2.45, 2.75) is 23.8 Å². The van der Waals surface area contributed by atoms with Crippen LogP contribution in [0.3, 0.4) is 0 Å². The maximum atomic E-state index is 12.8. The largest absolute Gasteiger partial charge is 0.419 e. The third-order valence-corrected chi connectivity index (χ3v) is 6.00. The maximum absolute atomic E-state index is 12.8. The fraction of sp³-hybridized carbons (Fsp3) is 0.500. The molecule has 22 heavy (non-hydrogen) atoms. The first-order chi connectivity index (χ1) is 10.4. The molecule has 0 spiro atoms. The second-order valence-electron chi connectivity index (χ2n) is 5.42. The number of hydrogen-bond donors (Lipinski definition) is 0. The third kappa shape index (κ3) is 2.37. The van der Waals surface area contributed by atoms with Crippen LogP contribution in [0, 0.1) is 0 Å². The van der Waals surface area contributed by atoms with E-state index in [9.17, 15) is 13.2 Å². The van der Waals surface area contributed by atoms with Gasteiger partial charge in [-0.15, -0.1) is 0 Å². The number of rotatable bonds is 4. The Morgan fingerprint density at radius 2 is 2.18 bits per heavy atom. The normalized spacial score (nSPS) is 20.0. The second kappa shape index (κ2) is 5.53. The molecular formula is C14H18N2O5S. The number of methoxy groups -OCH3 is 1. The Labute approximate surface area is 128 Å². The molecule has 1 aromatic carbocycles. The molecule has 0 saturated carbocycles. The van der Waals surface area contributed by atoms with Crippen LogP contribution < -0.4 is 5.76 Å². The fourth-order valence-corrected chi connectivity index (χ4v) is 4.59. The Morgan fingerprint density at radius 3 is 2.91 bits per heavy atom.